The number of carbonyl (C=O) groups is 1. The molecule has 0 N–H and O–H groups in total. The Morgan fingerprint density at radius 3 is 2.73 bits per heavy atom. The number of rotatable bonds is 6. The van der Waals surface area contributed by atoms with Crippen LogP contribution in [0.25, 0.3) is 0 Å². The van der Waals surface area contributed by atoms with E-state index >= 15 is 0 Å². The molecule has 0 saturated carbocycles. The Balaban J connectivity index is 2.12. The predicted octanol–water partition coefficient (Wildman–Crippen LogP) is 2.55. The van der Waals surface area contributed by atoms with Crippen molar-refractivity contribution in [3.63, 3.8) is 0 Å². The maximum absolute atomic E-state index is 11.2. The van der Waals surface area contributed by atoms with Gasteiger partial charge in [0.05, 0.1) is 6.61 Å². The van der Waals surface area contributed by atoms with E-state index in [1.165, 1.54) is 32.1 Å². The van der Waals surface area contributed by atoms with E-state index in [0.29, 0.717) is 6.61 Å². The molecule has 0 spiro atoms. The molecule has 1 rings (SSSR count). The highest BCUT2D eigenvalue weighted by molar-refractivity contribution is 5.73. The van der Waals surface area contributed by atoms with Gasteiger partial charge in [0.25, 0.3) is 0 Å². The van der Waals surface area contributed by atoms with Gasteiger partial charge in [0.15, 0.2) is 0 Å². The van der Waals surface area contributed by atoms with Crippen LogP contribution in [-0.2, 0) is 9.53 Å². The highest BCUT2D eigenvalue weighted by atomic mass is 16.5. The molecule has 1 heterocycles. The molecule has 0 aromatic carbocycles. The van der Waals surface area contributed by atoms with Crippen molar-refractivity contribution in [1.82, 2.24) is 4.90 Å². The molecular formula is C12H23NO2. The molecule has 88 valence electrons. The minimum atomic E-state index is 0.0594. The van der Waals surface area contributed by atoms with Gasteiger partial charge in [-0.05, 0) is 12.8 Å². The Morgan fingerprint density at radius 1 is 1.33 bits per heavy atom. The number of unbranched alkanes of at least 4 members (excludes halogenated alkanes) is 4. The second-order valence-corrected chi connectivity index (χ2v) is 4.24. The van der Waals surface area contributed by atoms with Gasteiger partial charge in [-0.2, -0.15) is 0 Å². The van der Waals surface area contributed by atoms with Gasteiger partial charge in [-0.3, -0.25) is 4.79 Å². The van der Waals surface area contributed by atoms with Gasteiger partial charge in [0, 0.05) is 13.5 Å². The average Bonchev–Trinajstić information content (AvgIpc) is 2.66. The normalized spacial score (nSPS) is 20.9. The van der Waals surface area contributed by atoms with Crippen molar-refractivity contribution >= 4 is 5.91 Å². The largest absolute Gasteiger partial charge is 0.356 e. The number of amides is 1. The SMILES string of the molecule is CCCCCCCC1OCCN1C(C)=O. The molecule has 1 aliphatic rings. The van der Waals surface area contributed by atoms with Crippen LogP contribution in [0.5, 0.6) is 0 Å². The summed E-state index contributed by atoms with van der Waals surface area (Å²) in [5.41, 5.74) is 0. The Kier molecular flexibility index (Phi) is 5.69. The number of carbonyl (C=O) groups excluding carboxylic acids is 1. The highest BCUT2D eigenvalue weighted by Crippen LogP contribution is 2.17. The van der Waals surface area contributed by atoms with Crippen molar-refractivity contribution in [2.45, 2.75) is 58.6 Å². The van der Waals surface area contributed by atoms with Crippen molar-refractivity contribution < 1.29 is 9.53 Å². The number of hydrogen-bond donors (Lipinski definition) is 0. The van der Waals surface area contributed by atoms with E-state index in [4.69, 9.17) is 4.74 Å². The molecule has 3 heteroatoms. The van der Waals surface area contributed by atoms with Gasteiger partial charge < -0.3 is 9.64 Å². The van der Waals surface area contributed by atoms with Crippen LogP contribution < -0.4 is 0 Å². The Bertz CT molecular complexity index is 194. The quantitative estimate of drug-likeness (QED) is 0.635. The summed E-state index contributed by atoms with van der Waals surface area (Å²) in [5.74, 6) is 0.144. The highest BCUT2D eigenvalue weighted by Gasteiger charge is 2.26. The van der Waals surface area contributed by atoms with E-state index in [1.807, 2.05) is 4.90 Å². The number of ether oxygens (including phenoxy) is 1. The van der Waals surface area contributed by atoms with Crippen molar-refractivity contribution in [3.8, 4) is 0 Å². The summed E-state index contributed by atoms with van der Waals surface area (Å²) >= 11 is 0. The molecular weight excluding hydrogens is 190 g/mol. The van der Waals surface area contributed by atoms with Crippen LogP contribution in [0.3, 0.4) is 0 Å². The third kappa shape index (κ3) is 4.20. The molecule has 1 aliphatic heterocycles. The van der Waals surface area contributed by atoms with Crippen LogP contribution in [-0.4, -0.2) is 30.2 Å². The first-order chi connectivity index (χ1) is 7.25. The third-order valence-corrected chi connectivity index (χ3v) is 2.95. The van der Waals surface area contributed by atoms with Crippen molar-refractivity contribution in [1.29, 1.82) is 0 Å². The average molecular weight is 213 g/mol. The third-order valence-electron chi connectivity index (χ3n) is 2.95. The molecule has 3 nitrogen and oxygen atoms in total. The standard InChI is InChI=1S/C12H23NO2/c1-3-4-5-6-7-8-12-13(11(2)14)9-10-15-12/h12H,3-10H2,1-2H3. The van der Waals surface area contributed by atoms with Gasteiger partial charge >= 0.3 is 0 Å². The summed E-state index contributed by atoms with van der Waals surface area (Å²) in [5, 5.41) is 0. The molecule has 1 unspecified atom stereocenters. The van der Waals surface area contributed by atoms with Crippen LogP contribution in [0.2, 0.25) is 0 Å². The zero-order valence-corrected chi connectivity index (χ0v) is 10.00. The number of nitrogens with zero attached hydrogens (tertiary/aromatic N) is 1. The lowest BCUT2D eigenvalue weighted by molar-refractivity contribution is -0.133. The van der Waals surface area contributed by atoms with Gasteiger partial charge in [-0.1, -0.05) is 32.6 Å². The fourth-order valence-electron chi connectivity index (χ4n) is 2.04. The lowest BCUT2D eigenvalue weighted by Crippen LogP contribution is -2.34. The van der Waals surface area contributed by atoms with Gasteiger partial charge in [-0.15, -0.1) is 0 Å². The predicted molar refractivity (Wildman–Crippen MR) is 60.5 cm³/mol. The van der Waals surface area contributed by atoms with Crippen LogP contribution in [0.4, 0.5) is 0 Å². The molecule has 1 fully saturated rings. The monoisotopic (exact) mass is 213 g/mol. The summed E-state index contributed by atoms with van der Waals surface area (Å²) in [6, 6.07) is 0. The molecule has 1 atom stereocenters. The summed E-state index contributed by atoms with van der Waals surface area (Å²) in [7, 11) is 0. The molecule has 0 radical (unpaired) electrons. The van der Waals surface area contributed by atoms with E-state index in [9.17, 15) is 4.79 Å². The number of hydrogen-bond acceptors (Lipinski definition) is 2. The molecule has 0 aromatic heterocycles. The first-order valence-electron chi connectivity index (χ1n) is 6.14. The maximum Gasteiger partial charge on any atom is 0.221 e. The molecule has 1 saturated heterocycles. The second-order valence-electron chi connectivity index (χ2n) is 4.24. The lowest BCUT2D eigenvalue weighted by atomic mass is 10.1. The fraction of sp³-hybridized carbons (Fsp3) is 0.917. The van der Waals surface area contributed by atoms with Crippen LogP contribution in [0.15, 0.2) is 0 Å². The van der Waals surface area contributed by atoms with Crippen LogP contribution in [0.1, 0.15) is 52.4 Å². The molecule has 0 aromatic rings. The van der Waals surface area contributed by atoms with E-state index in [1.54, 1.807) is 6.92 Å². The minimum absolute atomic E-state index is 0.0594. The van der Waals surface area contributed by atoms with E-state index in [0.717, 1.165) is 13.0 Å². The fourth-order valence-corrected chi connectivity index (χ4v) is 2.04. The maximum atomic E-state index is 11.2. The van der Waals surface area contributed by atoms with Crippen molar-refractivity contribution in [3.05, 3.63) is 0 Å². The first kappa shape index (κ1) is 12.5. The minimum Gasteiger partial charge on any atom is -0.356 e. The first-order valence-corrected chi connectivity index (χ1v) is 6.14. The Labute approximate surface area is 92.8 Å². The van der Waals surface area contributed by atoms with Gasteiger partial charge in [0.1, 0.15) is 6.23 Å². The van der Waals surface area contributed by atoms with Crippen LogP contribution in [0, 0.1) is 0 Å². The topological polar surface area (TPSA) is 29.5 Å². The Morgan fingerprint density at radius 2 is 2.07 bits per heavy atom. The van der Waals surface area contributed by atoms with Gasteiger partial charge in [0.2, 0.25) is 5.91 Å². The Hall–Kier alpha value is -0.570. The van der Waals surface area contributed by atoms with Crippen molar-refractivity contribution in [2.75, 3.05) is 13.2 Å². The summed E-state index contributed by atoms with van der Waals surface area (Å²) in [6.45, 7) is 5.32. The molecule has 0 bridgehead atoms. The van der Waals surface area contributed by atoms with E-state index < -0.39 is 0 Å². The zero-order chi connectivity index (χ0) is 11.1. The smallest absolute Gasteiger partial charge is 0.221 e. The summed E-state index contributed by atoms with van der Waals surface area (Å²) in [6.07, 6.45) is 7.41. The van der Waals surface area contributed by atoms with E-state index in [2.05, 4.69) is 6.92 Å². The second kappa shape index (κ2) is 6.83. The van der Waals surface area contributed by atoms with Crippen LogP contribution >= 0.6 is 0 Å². The van der Waals surface area contributed by atoms with Crippen molar-refractivity contribution in [2.24, 2.45) is 0 Å². The summed E-state index contributed by atoms with van der Waals surface area (Å²) < 4.78 is 5.54. The summed E-state index contributed by atoms with van der Waals surface area (Å²) in [4.78, 5) is 13.1. The van der Waals surface area contributed by atoms with Gasteiger partial charge in [-0.25, -0.2) is 0 Å². The zero-order valence-electron chi connectivity index (χ0n) is 10.00. The molecule has 0 aliphatic carbocycles. The molecule has 15 heavy (non-hydrogen) atoms. The molecule has 1 amide bonds. The van der Waals surface area contributed by atoms with E-state index in [-0.39, 0.29) is 12.1 Å². The lowest BCUT2D eigenvalue weighted by Gasteiger charge is -2.21.